The van der Waals surface area contributed by atoms with Crippen LogP contribution in [0.15, 0.2) is 71.8 Å². The summed E-state index contributed by atoms with van der Waals surface area (Å²) in [5, 5.41) is 4.71. The van der Waals surface area contributed by atoms with Crippen molar-refractivity contribution in [2.75, 3.05) is 13.2 Å². The molecule has 172 valence electrons. The topological polar surface area (TPSA) is 69.2 Å². The highest BCUT2D eigenvalue weighted by atomic mass is 35.5. The lowest BCUT2D eigenvalue weighted by Gasteiger charge is -2.13. The van der Waals surface area contributed by atoms with Gasteiger partial charge in [-0.05, 0) is 67.4 Å². The second-order valence-corrected chi connectivity index (χ2v) is 7.50. The smallest absolute Gasteiger partial charge is 0.271 e. The van der Waals surface area contributed by atoms with Crippen molar-refractivity contribution in [1.29, 1.82) is 0 Å². The van der Waals surface area contributed by atoms with E-state index >= 15 is 0 Å². The zero-order chi connectivity index (χ0) is 23.5. The van der Waals surface area contributed by atoms with Crippen LogP contribution in [-0.4, -0.2) is 25.3 Å². The normalized spacial score (nSPS) is 10.8. The number of hydrazone groups is 1. The first-order chi connectivity index (χ1) is 16.1. The lowest BCUT2D eigenvalue weighted by atomic mass is 10.2. The standard InChI is InChI=1S/C26H27ClN2O4/c1-3-15-32-22-12-10-20(11-13-22)26(30)29-28-17-19-9-14-24(25(16-19)31-4-2)33-18-21-7-5-6-8-23(21)27/h5-14,16-17H,3-4,15,18H2,1-2H3,(H,29,30)/b28-17-. The number of carbonyl (C=O) groups is 1. The van der Waals surface area contributed by atoms with Crippen LogP contribution in [0.5, 0.6) is 17.2 Å². The molecular formula is C26H27ClN2O4. The van der Waals surface area contributed by atoms with Crippen molar-refractivity contribution in [3.05, 3.63) is 88.4 Å². The van der Waals surface area contributed by atoms with E-state index in [1.807, 2.05) is 44.2 Å². The van der Waals surface area contributed by atoms with Crippen LogP contribution in [0.3, 0.4) is 0 Å². The lowest BCUT2D eigenvalue weighted by Crippen LogP contribution is -2.17. The Bertz CT molecular complexity index is 1080. The summed E-state index contributed by atoms with van der Waals surface area (Å²) in [5.74, 6) is 1.61. The minimum Gasteiger partial charge on any atom is -0.494 e. The van der Waals surface area contributed by atoms with E-state index in [0.717, 1.165) is 23.3 Å². The number of hydrogen-bond acceptors (Lipinski definition) is 5. The van der Waals surface area contributed by atoms with Gasteiger partial charge in [0.1, 0.15) is 12.4 Å². The summed E-state index contributed by atoms with van der Waals surface area (Å²) in [6, 6.07) is 19.9. The van der Waals surface area contributed by atoms with Crippen LogP contribution >= 0.6 is 11.6 Å². The van der Waals surface area contributed by atoms with Gasteiger partial charge in [0, 0.05) is 16.1 Å². The first kappa shape index (κ1) is 24.1. The van der Waals surface area contributed by atoms with Crippen LogP contribution in [0.4, 0.5) is 0 Å². The number of amides is 1. The fourth-order valence-corrected chi connectivity index (χ4v) is 3.11. The van der Waals surface area contributed by atoms with Gasteiger partial charge in [0.05, 0.1) is 19.4 Å². The average Bonchev–Trinajstić information content (AvgIpc) is 2.83. The fourth-order valence-electron chi connectivity index (χ4n) is 2.92. The van der Waals surface area contributed by atoms with E-state index in [4.69, 9.17) is 25.8 Å². The quantitative estimate of drug-likeness (QED) is 0.283. The maximum Gasteiger partial charge on any atom is 0.271 e. The first-order valence-corrected chi connectivity index (χ1v) is 11.2. The molecule has 3 aromatic carbocycles. The van der Waals surface area contributed by atoms with Crippen LogP contribution in [0.2, 0.25) is 5.02 Å². The summed E-state index contributed by atoms with van der Waals surface area (Å²) >= 11 is 6.20. The SMILES string of the molecule is CCCOc1ccc(C(=O)N/N=C\c2ccc(OCc3ccccc3Cl)c(OCC)c2)cc1. The Hall–Kier alpha value is -3.51. The molecule has 0 spiro atoms. The molecule has 33 heavy (non-hydrogen) atoms. The molecular weight excluding hydrogens is 440 g/mol. The second kappa shape index (κ2) is 12.5. The van der Waals surface area contributed by atoms with Crippen molar-refractivity contribution in [3.8, 4) is 17.2 Å². The van der Waals surface area contributed by atoms with Crippen molar-refractivity contribution >= 4 is 23.7 Å². The highest BCUT2D eigenvalue weighted by molar-refractivity contribution is 6.31. The number of halogens is 1. The number of nitrogens with one attached hydrogen (secondary N) is 1. The Morgan fingerprint density at radius 3 is 2.48 bits per heavy atom. The number of benzene rings is 3. The van der Waals surface area contributed by atoms with Gasteiger partial charge in [-0.3, -0.25) is 4.79 Å². The highest BCUT2D eigenvalue weighted by Gasteiger charge is 2.08. The maximum atomic E-state index is 12.3. The molecule has 0 aromatic heterocycles. The summed E-state index contributed by atoms with van der Waals surface area (Å²) < 4.78 is 17.2. The third-order valence-corrected chi connectivity index (χ3v) is 4.95. The Morgan fingerprint density at radius 1 is 0.970 bits per heavy atom. The Balaban J connectivity index is 1.61. The molecule has 0 heterocycles. The summed E-state index contributed by atoms with van der Waals surface area (Å²) in [6.07, 6.45) is 2.48. The number of rotatable bonds is 11. The van der Waals surface area contributed by atoms with E-state index in [9.17, 15) is 4.79 Å². The number of carbonyl (C=O) groups excluding carboxylic acids is 1. The molecule has 0 radical (unpaired) electrons. The molecule has 0 aliphatic heterocycles. The van der Waals surface area contributed by atoms with Gasteiger partial charge in [-0.2, -0.15) is 5.10 Å². The van der Waals surface area contributed by atoms with Crippen molar-refractivity contribution < 1.29 is 19.0 Å². The lowest BCUT2D eigenvalue weighted by molar-refractivity contribution is 0.0955. The summed E-state index contributed by atoms with van der Waals surface area (Å²) in [7, 11) is 0. The average molecular weight is 467 g/mol. The molecule has 7 heteroatoms. The molecule has 3 rings (SSSR count). The Kier molecular flexibility index (Phi) is 9.15. The van der Waals surface area contributed by atoms with Gasteiger partial charge in [-0.15, -0.1) is 0 Å². The fraction of sp³-hybridized carbons (Fsp3) is 0.231. The molecule has 0 fully saturated rings. The van der Waals surface area contributed by atoms with Crippen molar-refractivity contribution in [3.63, 3.8) is 0 Å². The van der Waals surface area contributed by atoms with Gasteiger partial charge >= 0.3 is 0 Å². The monoisotopic (exact) mass is 466 g/mol. The van der Waals surface area contributed by atoms with Crippen molar-refractivity contribution in [1.82, 2.24) is 5.43 Å². The zero-order valence-corrected chi connectivity index (χ0v) is 19.5. The largest absolute Gasteiger partial charge is 0.494 e. The van der Waals surface area contributed by atoms with Gasteiger partial charge < -0.3 is 14.2 Å². The van der Waals surface area contributed by atoms with Gasteiger partial charge in [-0.25, -0.2) is 5.43 Å². The molecule has 0 atom stereocenters. The summed E-state index contributed by atoms with van der Waals surface area (Å²) in [6.45, 7) is 5.39. The van der Waals surface area contributed by atoms with Crippen molar-refractivity contribution in [2.45, 2.75) is 26.9 Å². The van der Waals surface area contributed by atoms with Crippen LogP contribution in [0.25, 0.3) is 0 Å². The Morgan fingerprint density at radius 2 is 1.76 bits per heavy atom. The van der Waals surface area contributed by atoms with Crippen LogP contribution < -0.4 is 19.6 Å². The third kappa shape index (κ3) is 7.26. The molecule has 0 bridgehead atoms. The minimum atomic E-state index is -0.307. The maximum absolute atomic E-state index is 12.3. The number of hydrogen-bond donors (Lipinski definition) is 1. The molecule has 1 amide bonds. The molecule has 0 unspecified atom stereocenters. The highest BCUT2D eigenvalue weighted by Crippen LogP contribution is 2.29. The summed E-state index contributed by atoms with van der Waals surface area (Å²) in [5.41, 5.74) is 4.67. The van der Waals surface area contributed by atoms with Crippen LogP contribution in [-0.2, 0) is 6.61 Å². The predicted molar refractivity (Wildman–Crippen MR) is 131 cm³/mol. The van der Waals surface area contributed by atoms with Gasteiger partial charge in [0.25, 0.3) is 5.91 Å². The van der Waals surface area contributed by atoms with E-state index in [1.54, 1.807) is 42.6 Å². The van der Waals surface area contributed by atoms with E-state index in [1.165, 1.54) is 0 Å². The predicted octanol–water partition coefficient (Wildman–Crippen LogP) is 5.87. The molecule has 6 nitrogen and oxygen atoms in total. The zero-order valence-electron chi connectivity index (χ0n) is 18.7. The molecule has 3 aromatic rings. The molecule has 0 aliphatic carbocycles. The van der Waals surface area contributed by atoms with E-state index in [0.29, 0.717) is 41.9 Å². The van der Waals surface area contributed by atoms with Crippen LogP contribution in [0, 0.1) is 0 Å². The van der Waals surface area contributed by atoms with E-state index < -0.39 is 0 Å². The van der Waals surface area contributed by atoms with E-state index in [2.05, 4.69) is 10.5 Å². The minimum absolute atomic E-state index is 0.307. The second-order valence-electron chi connectivity index (χ2n) is 7.09. The Labute approximate surface area is 199 Å². The molecule has 0 saturated carbocycles. The number of nitrogens with zero attached hydrogens (tertiary/aromatic N) is 1. The first-order valence-electron chi connectivity index (χ1n) is 10.8. The molecule has 1 N–H and O–H groups in total. The van der Waals surface area contributed by atoms with Crippen molar-refractivity contribution in [2.24, 2.45) is 5.10 Å². The number of ether oxygens (including phenoxy) is 3. The van der Waals surface area contributed by atoms with Crippen LogP contribution in [0.1, 0.15) is 41.8 Å². The molecule has 0 aliphatic rings. The van der Waals surface area contributed by atoms with Gasteiger partial charge in [0.15, 0.2) is 11.5 Å². The van der Waals surface area contributed by atoms with E-state index in [-0.39, 0.29) is 5.91 Å². The third-order valence-electron chi connectivity index (χ3n) is 4.58. The van der Waals surface area contributed by atoms with Gasteiger partial charge in [0.2, 0.25) is 0 Å². The van der Waals surface area contributed by atoms with Gasteiger partial charge in [-0.1, -0.05) is 36.7 Å². The summed E-state index contributed by atoms with van der Waals surface area (Å²) in [4.78, 5) is 12.3. The molecule has 0 saturated heterocycles.